The Hall–Kier alpha value is -1.44. The van der Waals surface area contributed by atoms with Crippen LogP contribution in [-0.4, -0.2) is 44.4 Å². The van der Waals surface area contributed by atoms with Crippen molar-refractivity contribution in [2.75, 3.05) is 26.0 Å². The van der Waals surface area contributed by atoms with Crippen molar-refractivity contribution < 1.29 is 13.2 Å². The average molecular weight is 297 g/mol. The van der Waals surface area contributed by atoms with Gasteiger partial charge in [-0.05, 0) is 18.6 Å². The van der Waals surface area contributed by atoms with Crippen molar-refractivity contribution in [2.45, 2.75) is 12.8 Å². The highest BCUT2D eigenvalue weighted by Crippen LogP contribution is 2.10. The minimum atomic E-state index is -3.23. The second-order valence-corrected chi connectivity index (χ2v) is 6.44. The Bertz CT molecular complexity index is 619. The van der Waals surface area contributed by atoms with Crippen molar-refractivity contribution in [1.29, 1.82) is 0 Å². The van der Waals surface area contributed by atoms with Crippen LogP contribution in [-0.2, 0) is 21.2 Å². The molecule has 0 aliphatic heterocycles. The first-order chi connectivity index (χ1) is 9.61. The average Bonchev–Trinajstić information content (AvgIpc) is 2.81. The van der Waals surface area contributed by atoms with E-state index in [9.17, 15) is 8.42 Å². The molecule has 2 rings (SSSR count). The van der Waals surface area contributed by atoms with Gasteiger partial charge in [0.05, 0.1) is 16.8 Å². The predicted octanol–water partition coefficient (Wildman–Crippen LogP) is 1.06. The second-order valence-electron chi connectivity index (χ2n) is 4.51. The lowest BCUT2D eigenvalue weighted by Gasteiger charge is -2.05. The smallest absolute Gasteiger partial charge is 0.211 e. The van der Waals surface area contributed by atoms with Crippen LogP contribution in [0, 0.1) is 0 Å². The molecule has 2 N–H and O–H groups in total. The SMILES string of the molecule is COCCCS(=O)(=O)NCCc1nc2ccccc2[nH]1. The number of methoxy groups -OCH3 is 1. The summed E-state index contributed by atoms with van der Waals surface area (Å²) in [7, 11) is -1.67. The largest absolute Gasteiger partial charge is 0.385 e. The van der Waals surface area contributed by atoms with Gasteiger partial charge in [-0.2, -0.15) is 0 Å². The fourth-order valence-corrected chi connectivity index (χ4v) is 2.97. The van der Waals surface area contributed by atoms with E-state index in [1.54, 1.807) is 7.11 Å². The highest BCUT2D eigenvalue weighted by Gasteiger charge is 2.09. The summed E-state index contributed by atoms with van der Waals surface area (Å²) < 4.78 is 30.7. The minimum absolute atomic E-state index is 0.0843. The fourth-order valence-electron chi connectivity index (χ4n) is 1.91. The Morgan fingerprint density at radius 1 is 1.35 bits per heavy atom. The maximum absolute atomic E-state index is 11.7. The molecule has 1 heterocycles. The van der Waals surface area contributed by atoms with Gasteiger partial charge in [0.2, 0.25) is 10.0 Å². The summed E-state index contributed by atoms with van der Waals surface area (Å²) >= 11 is 0. The molecule has 0 aliphatic carbocycles. The first kappa shape index (κ1) is 15.0. The summed E-state index contributed by atoms with van der Waals surface area (Å²) in [6.45, 7) is 0.791. The van der Waals surface area contributed by atoms with E-state index in [0.717, 1.165) is 16.9 Å². The number of para-hydroxylation sites is 2. The number of nitrogens with zero attached hydrogens (tertiary/aromatic N) is 1. The van der Waals surface area contributed by atoms with E-state index in [1.165, 1.54) is 0 Å². The molecule has 6 nitrogen and oxygen atoms in total. The van der Waals surface area contributed by atoms with Crippen molar-refractivity contribution in [3.63, 3.8) is 0 Å². The number of H-pyrrole nitrogens is 1. The van der Waals surface area contributed by atoms with Gasteiger partial charge in [0.15, 0.2) is 0 Å². The molecule has 0 atom stereocenters. The molecule has 0 bridgehead atoms. The number of sulfonamides is 1. The number of fused-ring (bicyclic) bond motifs is 1. The van der Waals surface area contributed by atoms with E-state index in [2.05, 4.69) is 14.7 Å². The maximum atomic E-state index is 11.7. The Balaban J connectivity index is 1.83. The molecule has 20 heavy (non-hydrogen) atoms. The summed E-state index contributed by atoms with van der Waals surface area (Å²) in [5.74, 6) is 0.867. The van der Waals surface area contributed by atoms with Crippen LogP contribution < -0.4 is 4.72 Å². The summed E-state index contributed by atoms with van der Waals surface area (Å²) in [4.78, 5) is 7.57. The molecule has 0 fully saturated rings. The number of aromatic nitrogens is 2. The van der Waals surface area contributed by atoms with E-state index >= 15 is 0 Å². The van der Waals surface area contributed by atoms with Crippen molar-refractivity contribution >= 4 is 21.1 Å². The number of rotatable bonds is 8. The summed E-state index contributed by atoms with van der Waals surface area (Å²) in [6, 6.07) is 7.72. The lowest BCUT2D eigenvalue weighted by molar-refractivity contribution is 0.199. The van der Waals surface area contributed by atoms with Gasteiger partial charge in [0, 0.05) is 26.7 Å². The Labute approximate surface area is 118 Å². The van der Waals surface area contributed by atoms with E-state index in [1.807, 2.05) is 24.3 Å². The lowest BCUT2D eigenvalue weighted by atomic mass is 10.3. The molecule has 1 aromatic heterocycles. The predicted molar refractivity (Wildman–Crippen MR) is 78.1 cm³/mol. The van der Waals surface area contributed by atoms with Crippen molar-refractivity contribution in [3.8, 4) is 0 Å². The van der Waals surface area contributed by atoms with Crippen LogP contribution in [0.5, 0.6) is 0 Å². The zero-order valence-corrected chi connectivity index (χ0v) is 12.2. The van der Waals surface area contributed by atoms with Crippen LogP contribution >= 0.6 is 0 Å². The third-order valence-corrected chi connectivity index (χ3v) is 4.35. The van der Waals surface area contributed by atoms with Crippen LogP contribution in [0.2, 0.25) is 0 Å². The third kappa shape index (κ3) is 4.29. The summed E-state index contributed by atoms with van der Waals surface area (Å²) in [6.07, 6.45) is 1.04. The molecule has 0 radical (unpaired) electrons. The van der Waals surface area contributed by atoms with Gasteiger partial charge in [-0.25, -0.2) is 18.1 Å². The van der Waals surface area contributed by atoms with Gasteiger partial charge < -0.3 is 9.72 Å². The molecule has 7 heteroatoms. The van der Waals surface area contributed by atoms with Gasteiger partial charge in [-0.3, -0.25) is 0 Å². The quantitative estimate of drug-likeness (QED) is 0.714. The highest BCUT2D eigenvalue weighted by molar-refractivity contribution is 7.89. The number of aromatic amines is 1. The van der Waals surface area contributed by atoms with Crippen LogP contribution in [0.4, 0.5) is 0 Å². The van der Waals surface area contributed by atoms with E-state index < -0.39 is 10.0 Å². The third-order valence-electron chi connectivity index (χ3n) is 2.88. The number of imidazole rings is 1. The Kier molecular flexibility index (Phi) is 5.11. The maximum Gasteiger partial charge on any atom is 0.211 e. The van der Waals surface area contributed by atoms with Crippen LogP contribution in [0.15, 0.2) is 24.3 Å². The number of hydrogen-bond donors (Lipinski definition) is 2. The highest BCUT2D eigenvalue weighted by atomic mass is 32.2. The van der Waals surface area contributed by atoms with Gasteiger partial charge in [-0.15, -0.1) is 0 Å². The van der Waals surface area contributed by atoms with Gasteiger partial charge in [-0.1, -0.05) is 12.1 Å². The van der Waals surface area contributed by atoms with E-state index in [4.69, 9.17) is 4.74 Å². The Morgan fingerprint density at radius 3 is 2.90 bits per heavy atom. The number of benzene rings is 1. The zero-order chi connectivity index (χ0) is 14.4. The zero-order valence-electron chi connectivity index (χ0n) is 11.4. The number of ether oxygens (including phenoxy) is 1. The summed E-state index contributed by atoms with van der Waals surface area (Å²) in [5.41, 5.74) is 1.86. The molecule has 0 saturated heterocycles. The van der Waals surface area contributed by atoms with E-state index in [-0.39, 0.29) is 5.75 Å². The van der Waals surface area contributed by atoms with Crippen molar-refractivity contribution in [3.05, 3.63) is 30.1 Å². The standard InChI is InChI=1S/C13H19N3O3S/c1-19-9-4-10-20(17,18)14-8-7-13-15-11-5-2-3-6-12(11)16-13/h2-3,5-6,14H,4,7-10H2,1H3,(H,15,16). The second kappa shape index (κ2) is 6.83. The molecule has 0 saturated carbocycles. The van der Waals surface area contributed by atoms with Crippen LogP contribution in [0.3, 0.4) is 0 Å². The number of hydrogen-bond acceptors (Lipinski definition) is 4. The molecule has 2 aromatic rings. The molecular formula is C13H19N3O3S. The monoisotopic (exact) mass is 297 g/mol. The van der Waals surface area contributed by atoms with Gasteiger partial charge >= 0.3 is 0 Å². The number of nitrogens with one attached hydrogen (secondary N) is 2. The first-order valence-electron chi connectivity index (χ1n) is 6.50. The Morgan fingerprint density at radius 2 is 2.15 bits per heavy atom. The molecule has 0 spiro atoms. The molecule has 0 amide bonds. The van der Waals surface area contributed by atoms with Gasteiger partial charge in [0.25, 0.3) is 0 Å². The lowest BCUT2D eigenvalue weighted by Crippen LogP contribution is -2.29. The first-order valence-corrected chi connectivity index (χ1v) is 8.16. The normalized spacial score (nSPS) is 12.1. The molecule has 1 aromatic carbocycles. The summed E-state index contributed by atoms with van der Waals surface area (Å²) in [5, 5.41) is 0. The molecule has 0 aliphatic rings. The van der Waals surface area contributed by atoms with Gasteiger partial charge in [0.1, 0.15) is 5.82 Å². The minimum Gasteiger partial charge on any atom is -0.385 e. The molecule has 0 unspecified atom stereocenters. The van der Waals surface area contributed by atoms with Crippen molar-refractivity contribution in [1.82, 2.24) is 14.7 Å². The van der Waals surface area contributed by atoms with Crippen molar-refractivity contribution in [2.24, 2.45) is 0 Å². The van der Waals surface area contributed by atoms with Crippen LogP contribution in [0.1, 0.15) is 12.2 Å². The fraction of sp³-hybridized carbons (Fsp3) is 0.462. The molecule has 110 valence electrons. The molecular weight excluding hydrogens is 278 g/mol. The topological polar surface area (TPSA) is 84.1 Å². The van der Waals surface area contributed by atoms with E-state index in [0.29, 0.717) is 26.0 Å². The van der Waals surface area contributed by atoms with Crippen LogP contribution in [0.25, 0.3) is 11.0 Å².